The first-order valence-electron chi connectivity index (χ1n) is 11.2. The van der Waals surface area contributed by atoms with Crippen LogP contribution in [-0.4, -0.2) is 33.8 Å². The van der Waals surface area contributed by atoms with E-state index in [4.69, 9.17) is 9.63 Å². The molecule has 3 N–H and O–H groups in total. The lowest BCUT2D eigenvalue weighted by atomic mass is 10.0. The van der Waals surface area contributed by atoms with Crippen LogP contribution < -0.4 is 10.6 Å². The highest BCUT2D eigenvalue weighted by Gasteiger charge is 2.10. The van der Waals surface area contributed by atoms with E-state index in [-0.39, 0.29) is 25.4 Å². The Labute approximate surface area is 183 Å². The van der Waals surface area contributed by atoms with Gasteiger partial charge in [0.1, 0.15) is 0 Å². The molecule has 0 saturated carbocycles. The van der Waals surface area contributed by atoms with Crippen LogP contribution in [0.5, 0.6) is 0 Å². The molecule has 2 rings (SSSR count). The van der Waals surface area contributed by atoms with E-state index in [9.17, 15) is 9.59 Å². The number of benzene rings is 1. The third-order valence-electron chi connectivity index (χ3n) is 5.06. The molecule has 2 amide bonds. The van der Waals surface area contributed by atoms with Crippen molar-refractivity contribution in [3.8, 4) is 11.4 Å². The molecule has 1 aromatic carbocycles. The molecular weight excluding hydrogens is 396 g/mol. The van der Waals surface area contributed by atoms with Gasteiger partial charge in [0, 0.05) is 18.5 Å². The number of hydrogen-bond donors (Lipinski definition) is 3. The summed E-state index contributed by atoms with van der Waals surface area (Å²) < 4.78 is 5.18. The van der Waals surface area contributed by atoms with Crippen LogP contribution in [0.1, 0.15) is 76.2 Å². The van der Waals surface area contributed by atoms with Crippen LogP contribution >= 0.6 is 0 Å². The van der Waals surface area contributed by atoms with Crippen molar-refractivity contribution in [3.63, 3.8) is 0 Å². The molecule has 0 atom stereocenters. The van der Waals surface area contributed by atoms with Gasteiger partial charge in [0.15, 0.2) is 0 Å². The molecule has 0 radical (unpaired) electrons. The number of nitrogens with zero attached hydrogens (tertiary/aromatic N) is 2. The molecule has 31 heavy (non-hydrogen) atoms. The number of nitrogens with one attached hydrogen (secondary N) is 2. The van der Waals surface area contributed by atoms with Gasteiger partial charge in [0.2, 0.25) is 17.6 Å². The van der Waals surface area contributed by atoms with Gasteiger partial charge in [-0.2, -0.15) is 4.98 Å². The quantitative estimate of drug-likeness (QED) is 0.353. The molecule has 0 saturated heterocycles. The number of amides is 2. The maximum Gasteiger partial charge on any atom is 0.404 e. The Morgan fingerprint density at radius 1 is 0.968 bits per heavy atom. The van der Waals surface area contributed by atoms with E-state index < -0.39 is 6.09 Å². The van der Waals surface area contributed by atoms with Crippen LogP contribution in [0.4, 0.5) is 4.79 Å². The van der Waals surface area contributed by atoms with Gasteiger partial charge in [-0.1, -0.05) is 81.3 Å². The van der Waals surface area contributed by atoms with E-state index in [1.54, 1.807) is 0 Å². The van der Waals surface area contributed by atoms with Gasteiger partial charge >= 0.3 is 6.09 Å². The Hall–Kier alpha value is -2.90. The number of rotatable bonds is 15. The zero-order valence-electron chi connectivity index (χ0n) is 18.4. The minimum absolute atomic E-state index is 0.0492. The summed E-state index contributed by atoms with van der Waals surface area (Å²) in [5.41, 5.74) is 2.17. The second-order valence-corrected chi connectivity index (χ2v) is 7.69. The molecule has 0 aliphatic rings. The van der Waals surface area contributed by atoms with Crippen molar-refractivity contribution >= 4 is 12.0 Å². The SMILES string of the molecule is CCCCCCCCCCc1ccc(-c2noc(CNC(=O)CCNC(=O)O)n2)cc1. The molecule has 1 aromatic heterocycles. The summed E-state index contributed by atoms with van der Waals surface area (Å²) in [6, 6.07) is 8.18. The van der Waals surface area contributed by atoms with E-state index in [2.05, 4.69) is 39.8 Å². The first-order chi connectivity index (χ1) is 15.1. The van der Waals surface area contributed by atoms with Gasteiger partial charge in [0.05, 0.1) is 6.54 Å². The van der Waals surface area contributed by atoms with Gasteiger partial charge in [-0.15, -0.1) is 0 Å². The van der Waals surface area contributed by atoms with Gasteiger partial charge < -0.3 is 20.3 Å². The largest absolute Gasteiger partial charge is 0.465 e. The normalized spacial score (nSPS) is 10.7. The van der Waals surface area contributed by atoms with E-state index in [0.29, 0.717) is 11.7 Å². The summed E-state index contributed by atoms with van der Waals surface area (Å²) in [6.07, 6.45) is 10.5. The number of carboxylic acid groups (broad SMARTS) is 1. The summed E-state index contributed by atoms with van der Waals surface area (Å²) in [5.74, 6) is 0.492. The fraction of sp³-hybridized carbons (Fsp3) is 0.565. The molecule has 170 valence electrons. The molecule has 8 heteroatoms. The number of unbranched alkanes of at least 4 members (excludes halogenated alkanes) is 7. The Morgan fingerprint density at radius 2 is 1.65 bits per heavy atom. The van der Waals surface area contributed by atoms with Crippen molar-refractivity contribution in [1.29, 1.82) is 0 Å². The maximum atomic E-state index is 11.7. The van der Waals surface area contributed by atoms with Crippen LogP contribution in [0.3, 0.4) is 0 Å². The highest BCUT2D eigenvalue weighted by atomic mass is 16.5. The van der Waals surface area contributed by atoms with E-state index in [1.165, 1.54) is 56.9 Å². The topological polar surface area (TPSA) is 117 Å². The summed E-state index contributed by atoms with van der Waals surface area (Å²) in [7, 11) is 0. The molecule has 8 nitrogen and oxygen atoms in total. The maximum absolute atomic E-state index is 11.7. The van der Waals surface area contributed by atoms with Crippen LogP contribution in [0.2, 0.25) is 0 Å². The lowest BCUT2D eigenvalue weighted by Gasteiger charge is -2.03. The van der Waals surface area contributed by atoms with E-state index in [0.717, 1.165) is 12.0 Å². The Morgan fingerprint density at radius 3 is 2.32 bits per heavy atom. The minimum atomic E-state index is -1.15. The number of carbonyl (C=O) groups excluding carboxylic acids is 1. The molecule has 0 unspecified atom stereocenters. The number of aryl methyl sites for hydroxylation is 1. The number of hydrogen-bond acceptors (Lipinski definition) is 5. The lowest BCUT2D eigenvalue weighted by molar-refractivity contribution is -0.121. The molecule has 0 fully saturated rings. The molecule has 0 aliphatic carbocycles. The fourth-order valence-corrected chi connectivity index (χ4v) is 3.27. The number of carbonyl (C=O) groups is 2. The van der Waals surface area contributed by atoms with Crippen molar-refractivity contribution in [2.45, 2.75) is 77.7 Å². The highest BCUT2D eigenvalue weighted by molar-refractivity contribution is 5.76. The number of aromatic nitrogens is 2. The Balaban J connectivity index is 1.68. The van der Waals surface area contributed by atoms with Gasteiger partial charge in [0.25, 0.3) is 0 Å². The van der Waals surface area contributed by atoms with Crippen molar-refractivity contribution in [3.05, 3.63) is 35.7 Å². The van der Waals surface area contributed by atoms with Crippen LogP contribution in [0, 0.1) is 0 Å². The first kappa shape index (κ1) is 24.4. The van der Waals surface area contributed by atoms with Crippen LogP contribution in [-0.2, 0) is 17.8 Å². The predicted octanol–water partition coefficient (Wildman–Crippen LogP) is 4.69. The lowest BCUT2D eigenvalue weighted by Crippen LogP contribution is -2.29. The van der Waals surface area contributed by atoms with E-state index >= 15 is 0 Å². The van der Waals surface area contributed by atoms with Gasteiger partial charge in [-0.25, -0.2) is 4.79 Å². The molecule has 2 aromatic rings. The third-order valence-corrected chi connectivity index (χ3v) is 5.06. The second kappa shape index (κ2) is 14.2. The zero-order valence-corrected chi connectivity index (χ0v) is 18.4. The standard InChI is InChI=1S/C23H34N4O4/c1-2-3-4-5-6-7-8-9-10-18-11-13-19(14-12-18)22-26-21(31-27-22)17-25-20(28)15-16-24-23(29)30/h11-14,24H,2-10,15-17H2,1H3,(H,25,28)(H,29,30). The smallest absolute Gasteiger partial charge is 0.404 e. The predicted molar refractivity (Wildman–Crippen MR) is 119 cm³/mol. The van der Waals surface area contributed by atoms with Gasteiger partial charge in [-0.05, 0) is 18.4 Å². The summed E-state index contributed by atoms with van der Waals surface area (Å²) in [6.45, 7) is 2.41. The Kier molecular flexibility index (Phi) is 11.1. The van der Waals surface area contributed by atoms with E-state index in [1.807, 2.05) is 12.1 Å². The van der Waals surface area contributed by atoms with Crippen LogP contribution in [0.15, 0.2) is 28.8 Å². The van der Waals surface area contributed by atoms with Crippen molar-refractivity contribution in [2.24, 2.45) is 0 Å². The molecule has 0 bridgehead atoms. The molecule has 0 spiro atoms. The monoisotopic (exact) mass is 430 g/mol. The van der Waals surface area contributed by atoms with Crippen LogP contribution in [0.25, 0.3) is 11.4 Å². The van der Waals surface area contributed by atoms with Crippen molar-refractivity contribution in [2.75, 3.05) is 6.54 Å². The van der Waals surface area contributed by atoms with Crippen molar-refractivity contribution in [1.82, 2.24) is 20.8 Å². The van der Waals surface area contributed by atoms with Crippen molar-refractivity contribution < 1.29 is 19.2 Å². The molecular formula is C23H34N4O4. The average Bonchev–Trinajstić information content (AvgIpc) is 3.23. The second-order valence-electron chi connectivity index (χ2n) is 7.69. The average molecular weight is 431 g/mol. The zero-order chi connectivity index (χ0) is 22.3. The Bertz CT molecular complexity index is 789. The summed E-state index contributed by atoms with van der Waals surface area (Å²) >= 11 is 0. The first-order valence-corrected chi connectivity index (χ1v) is 11.2. The summed E-state index contributed by atoms with van der Waals surface area (Å²) in [5, 5.41) is 17.2. The highest BCUT2D eigenvalue weighted by Crippen LogP contribution is 2.18. The van der Waals surface area contributed by atoms with Gasteiger partial charge in [-0.3, -0.25) is 4.79 Å². The minimum Gasteiger partial charge on any atom is -0.465 e. The molecule has 0 aliphatic heterocycles. The summed E-state index contributed by atoms with van der Waals surface area (Å²) in [4.78, 5) is 26.3. The third kappa shape index (κ3) is 10.1. The fourth-order valence-electron chi connectivity index (χ4n) is 3.27. The molecule has 1 heterocycles.